The second-order valence-electron chi connectivity index (χ2n) is 6.75. The Hall–Kier alpha value is -0.610. The molecule has 4 heteroatoms. The van der Waals surface area contributed by atoms with E-state index in [1.807, 2.05) is 34.6 Å². The van der Waals surface area contributed by atoms with Crippen LogP contribution < -0.4 is 0 Å². The third-order valence-electron chi connectivity index (χ3n) is 3.03. The van der Waals surface area contributed by atoms with Crippen molar-refractivity contribution in [1.29, 1.82) is 0 Å². The van der Waals surface area contributed by atoms with Gasteiger partial charge in [-0.3, -0.25) is 4.79 Å². The van der Waals surface area contributed by atoms with Gasteiger partial charge in [-0.2, -0.15) is 0 Å². The minimum absolute atomic E-state index is 0.358. The molecule has 0 spiro atoms. The molecular weight excluding hydrogens is 232 g/mol. The molecule has 0 saturated carbocycles. The summed E-state index contributed by atoms with van der Waals surface area (Å²) in [5.74, 6) is -0.995. The summed E-state index contributed by atoms with van der Waals surface area (Å²) in [6.07, 6.45) is 0.358. The van der Waals surface area contributed by atoms with Gasteiger partial charge in [0.25, 0.3) is 0 Å². The molecule has 0 rings (SSSR count). The van der Waals surface area contributed by atoms with Crippen molar-refractivity contribution in [1.82, 2.24) is 0 Å². The quantitative estimate of drug-likeness (QED) is 0.772. The molecular formula is C14H28O4. The van der Waals surface area contributed by atoms with Crippen molar-refractivity contribution in [3.8, 4) is 0 Å². The molecule has 0 saturated heterocycles. The molecule has 18 heavy (non-hydrogen) atoms. The van der Waals surface area contributed by atoms with Gasteiger partial charge in [0.15, 0.2) is 0 Å². The smallest absolute Gasteiger partial charge is 0.312 e. The standard InChI is InChI=1S/C14H28O4/c1-10(11(15)18-12(2,3)4)14(7,16)9-13(5,6)17-8/h10,16H,9H2,1-8H3. The molecule has 0 aliphatic rings. The van der Waals surface area contributed by atoms with Crippen molar-refractivity contribution >= 4 is 5.97 Å². The third kappa shape index (κ3) is 5.83. The minimum Gasteiger partial charge on any atom is -0.460 e. The molecule has 0 aromatic carbocycles. The number of carbonyl (C=O) groups is 1. The second kappa shape index (κ2) is 5.57. The van der Waals surface area contributed by atoms with Gasteiger partial charge in [0, 0.05) is 13.5 Å². The first-order valence-corrected chi connectivity index (χ1v) is 6.31. The molecule has 0 bridgehead atoms. The number of hydrogen-bond donors (Lipinski definition) is 1. The zero-order valence-corrected chi connectivity index (χ0v) is 13.0. The van der Waals surface area contributed by atoms with Crippen molar-refractivity contribution in [3.63, 3.8) is 0 Å². The second-order valence-corrected chi connectivity index (χ2v) is 6.75. The van der Waals surface area contributed by atoms with Gasteiger partial charge >= 0.3 is 5.97 Å². The highest BCUT2D eigenvalue weighted by molar-refractivity contribution is 5.73. The van der Waals surface area contributed by atoms with Crippen molar-refractivity contribution in [2.24, 2.45) is 5.92 Å². The lowest BCUT2D eigenvalue weighted by atomic mass is 9.81. The number of aliphatic hydroxyl groups is 1. The molecule has 0 aromatic rings. The summed E-state index contributed by atoms with van der Waals surface area (Å²) in [5, 5.41) is 10.4. The first kappa shape index (κ1) is 17.4. The van der Waals surface area contributed by atoms with Crippen LogP contribution in [-0.2, 0) is 14.3 Å². The van der Waals surface area contributed by atoms with E-state index in [1.54, 1.807) is 21.0 Å². The number of esters is 1. The van der Waals surface area contributed by atoms with Crippen LogP contribution in [0.5, 0.6) is 0 Å². The average Bonchev–Trinajstić information content (AvgIpc) is 2.12. The van der Waals surface area contributed by atoms with Crippen LogP contribution in [-0.4, -0.2) is 35.0 Å². The van der Waals surface area contributed by atoms with Crippen LogP contribution in [0.3, 0.4) is 0 Å². The zero-order valence-electron chi connectivity index (χ0n) is 13.0. The van der Waals surface area contributed by atoms with Gasteiger partial charge in [-0.15, -0.1) is 0 Å². The molecule has 0 aliphatic carbocycles. The van der Waals surface area contributed by atoms with Crippen LogP contribution in [0.2, 0.25) is 0 Å². The molecule has 0 aromatic heterocycles. The Morgan fingerprint density at radius 1 is 1.17 bits per heavy atom. The summed E-state index contributed by atoms with van der Waals surface area (Å²) in [6.45, 7) is 12.5. The lowest BCUT2D eigenvalue weighted by Gasteiger charge is -2.36. The summed E-state index contributed by atoms with van der Waals surface area (Å²) >= 11 is 0. The topological polar surface area (TPSA) is 55.8 Å². The lowest BCUT2D eigenvalue weighted by Crippen LogP contribution is -2.46. The van der Waals surface area contributed by atoms with Crippen LogP contribution >= 0.6 is 0 Å². The van der Waals surface area contributed by atoms with Gasteiger partial charge in [0.1, 0.15) is 5.60 Å². The fraction of sp³-hybridized carbons (Fsp3) is 0.929. The van der Waals surface area contributed by atoms with Gasteiger partial charge in [-0.05, 0) is 48.5 Å². The van der Waals surface area contributed by atoms with E-state index in [2.05, 4.69) is 0 Å². The van der Waals surface area contributed by atoms with Crippen molar-refractivity contribution < 1.29 is 19.4 Å². The molecule has 0 heterocycles. The molecule has 0 aliphatic heterocycles. The highest BCUT2D eigenvalue weighted by Gasteiger charge is 2.40. The predicted octanol–water partition coefficient (Wildman–Crippen LogP) is 2.53. The fourth-order valence-corrected chi connectivity index (χ4v) is 1.73. The zero-order chi connectivity index (χ0) is 14.8. The Kier molecular flexibility index (Phi) is 5.39. The van der Waals surface area contributed by atoms with E-state index < -0.39 is 22.7 Å². The molecule has 0 amide bonds. The first-order valence-electron chi connectivity index (χ1n) is 6.31. The number of ether oxygens (including phenoxy) is 2. The first-order chi connectivity index (χ1) is 7.81. The average molecular weight is 260 g/mol. The third-order valence-corrected chi connectivity index (χ3v) is 3.03. The number of rotatable bonds is 5. The van der Waals surface area contributed by atoms with Crippen molar-refractivity contribution in [2.45, 2.75) is 71.7 Å². The van der Waals surface area contributed by atoms with E-state index in [4.69, 9.17) is 9.47 Å². The van der Waals surface area contributed by atoms with E-state index >= 15 is 0 Å². The van der Waals surface area contributed by atoms with Crippen LogP contribution in [0.1, 0.15) is 54.9 Å². The monoisotopic (exact) mass is 260 g/mol. The summed E-state index contributed by atoms with van der Waals surface area (Å²) in [6, 6.07) is 0. The SMILES string of the molecule is COC(C)(C)CC(C)(O)C(C)C(=O)OC(C)(C)C. The lowest BCUT2D eigenvalue weighted by molar-refractivity contribution is -0.171. The Labute approximate surface area is 111 Å². The van der Waals surface area contributed by atoms with E-state index in [0.717, 1.165) is 0 Å². The van der Waals surface area contributed by atoms with Gasteiger partial charge in [0.05, 0.1) is 17.1 Å². The summed E-state index contributed by atoms with van der Waals surface area (Å²) in [4.78, 5) is 12.0. The molecule has 0 radical (unpaired) electrons. The van der Waals surface area contributed by atoms with E-state index in [1.165, 1.54) is 0 Å². The van der Waals surface area contributed by atoms with Crippen LogP contribution in [0.4, 0.5) is 0 Å². The highest BCUT2D eigenvalue weighted by Crippen LogP contribution is 2.30. The minimum atomic E-state index is -1.16. The van der Waals surface area contributed by atoms with E-state index in [0.29, 0.717) is 6.42 Å². The van der Waals surface area contributed by atoms with E-state index in [-0.39, 0.29) is 5.97 Å². The summed E-state index contributed by atoms with van der Waals surface area (Å²) < 4.78 is 10.6. The largest absolute Gasteiger partial charge is 0.460 e. The Bertz CT molecular complexity index is 287. The number of methoxy groups -OCH3 is 1. The van der Waals surface area contributed by atoms with Crippen LogP contribution in [0.15, 0.2) is 0 Å². The predicted molar refractivity (Wildman–Crippen MR) is 71.3 cm³/mol. The molecule has 108 valence electrons. The van der Waals surface area contributed by atoms with Crippen molar-refractivity contribution in [3.05, 3.63) is 0 Å². The number of hydrogen-bond acceptors (Lipinski definition) is 4. The maximum Gasteiger partial charge on any atom is 0.312 e. The number of carbonyl (C=O) groups excluding carboxylic acids is 1. The van der Waals surface area contributed by atoms with Gasteiger partial charge in [-0.25, -0.2) is 0 Å². The van der Waals surface area contributed by atoms with Crippen molar-refractivity contribution in [2.75, 3.05) is 7.11 Å². The maximum absolute atomic E-state index is 12.0. The van der Waals surface area contributed by atoms with Gasteiger partial charge in [0.2, 0.25) is 0 Å². The Morgan fingerprint density at radius 2 is 1.61 bits per heavy atom. The Morgan fingerprint density at radius 3 is 1.94 bits per heavy atom. The molecule has 1 N–H and O–H groups in total. The summed E-state index contributed by atoms with van der Waals surface area (Å²) in [7, 11) is 1.59. The highest BCUT2D eigenvalue weighted by atomic mass is 16.6. The van der Waals surface area contributed by atoms with Gasteiger partial charge in [-0.1, -0.05) is 0 Å². The summed E-state index contributed by atoms with van der Waals surface area (Å²) in [5.41, 5.74) is -2.19. The normalized spacial score (nSPS) is 18.1. The van der Waals surface area contributed by atoms with Gasteiger partial charge < -0.3 is 14.6 Å². The van der Waals surface area contributed by atoms with E-state index in [9.17, 15) is 9.90 Å². The van der Waals surface area contributed by atoms with Crippen LogP contribution in [0.25, 0.3) is 0 Å². The van der Waals surface area contributed by atoms with Crippen LogP contribution in [0, 0.1) is 5.92 Å². The molecule has 2 atom stereocenters. The maximum atomic E-state index is 12.0. The molecule has 2 unspecified atom stereocenters. The molecule has 4 nitrogen and oxygen atoms in total. The molecule has 0 fully saturated rings. The fourth-order valence-electron chi connectivity index (χ4n) is 1.73. The Balaban J connectivity index is 4.75.